The molecule has 0 aromatic heterocycles. The number of alkyl halides is 1. The van der Waals surface area contributed by atoms with Gasteiger partial charge in [0, 0.05) is 5.56 Å². The predicted molar refractivity (Wildman–Crippen MR) is 53.9 cm³/mol. The Morgan fingerprint density at radius 3 is 2.73 bits per heavy atom. The van der Waals surface area contributed by atoms with E-state index >= 15 is 0 Å². The zero-order valence-electron chi connectivity index (χ0n) is 8.66. The first-order valence-electron chi connectivity index (χ1n) is 4.58. The lowest BCUT2D eigenvalue weighted by atomic mass is 10.0. The minimum absolute atomic E-state index is 0.229. The van der Waals surface area contributed by atoms with Crippen LogP contribution in [0.15, 0.2) is 18.2 Å². The normalized spacial score (nSPS) is 12.2. The van der Waals surface area contributed by atoms with Gasteiger partial charge in [-0.3, -0.25) is 4.79 Å². The van der Waals surface area contributed by atoms with Crippen molar-refractivity contribution in [3.63, 3.8) is 0 Å². The lowest BCUT2D eigenvalue weighted by Gasteiger charge is -2.12. The van der Waals surface area contributed by atoms with Crippen molar-refractivity contribution in [2.24, 2.45) is 0 Å². The fourth-order valence-corrected chi connectivity index (χ4v) is 1.49. The molecular weight excluding hydrogens is 199 g/mol. The van der Waals surface area contributed by atoms with Crippen LogP contribution in [0.3, 0.4) is 0 Å². The second-order valence-corrected chi connectivity index (χ2v) is 3.21. The highest BCUT2D eigenvalue weighted by Gasteiger charge is 2.16. The maximum Gasteiger partial charge on any atom is 0.307 e. The number of ether oxygens (including phenoxy) is 1. The molecule has 0 fully saturated rings. The molecule has 3 nitrogen and oxygen atoms in total. The Morgan fingerprint density at radius 1 is 1.60 bits per heavy atom. The van der Waals surface area contributed by atoms with Crippen LogP contribution in [-0.2, 0) is 11.2 Å². The van der Waals surface area contributed by atoms with Crippen LogP contribution in [0, 0.1) is 0 Å². The molecule has 1 aromatic carbocycles. The van der Waals surface area contributed by atoms with Gasteiger partial charge in [-0.2, -0.15) is 0 Å². The Morgan fingerprint density at radius 2 is 2.27 bits per heavy atom. The van der Waals surface area contributed by atoms with Crippen molar-refractivity contribution >= 4 is 5.97 Å². The van der Waals surface area contributed by atoms with Gasteiger partial charge in [0.2, 0.25) is 0 Å². The molecule has 0 aliphatic heterocycles. The van der Waals surface area contributed by atoms with Crippen LogP contribution >= 0.6 is 0 Å². The molecule has 82 valence electrons. The van der Waals surface area contributed by atoms with Crippen LogP contribution in [-0.4, -0.2) is 18.2 Å². The van der Waals surface area contributed by atoms with Crippen LogP contribution in [0.25, 0.3) is 0 Å². The van der Waals surface area contributed by atoms with Gasteiger partial charge in [-0.05, 0) is 18.6 Å². The number of benzene rings is 1. The highest BCUT2D eigenvalue weighted by Crippen LogP contribution is 2.29. The SMILES string of the molecule is COc1cccc(C(C)F)c1CC(=O)O. The summed E-state index contributed by atoms with van der Waals surface area (Å²) in [6, 6.07) is 4.85. The number of aliphatic carboxylic acids is 1. The molecule has 0 aliphatic carbocycles. The summed E-state index contributed by atoms with van der Waals surface area (Å²) in [5.74, 6) is -0.583. The van der Waals surface area contributed by atoms with Crippen LogP contribution < -0.4 is 4.74 Å². The molecule has 1 N–H and O–H groups in total. The van der Waals surface area contributed by atoms with E-state index in [0.29, 0.717) is 16.9 Å². The number of carbonyl (C=O) groups is 1. The van der Waals surface area contributed by atoms with E-state index in [-0.39, 0.29) is 6.42 Å². The van der Waals surface area contributed by atoms with Gasteiger partial charge in [-0.1, -0.05) is 12.1 Å². The average Bonchev–Trinajstić information content (AvgIpc) is 2.16. The van der Waals surface area contributed by atoms with Gasteiger partial charge in [0.05, 0.1) is 13.5 Å². The first-order valence-corrected chi connectivity index (χ1v) is 4.58. The van der Waals surface area contributed by atoms with E-state index in [1.807, 2.05) is 0 Å². The third-order valence-electron chi connectivity index (χ3n) is 2.15. The van der Waals surface area contributed by atoms with Crippen molar-refractivity contribution in [2.75, 3.05) is 7.11 Å². The van der Waals surface area contributed by atoms with Crippen molar-refractivity contribution in [2.45, 2.75) is 19.5 Å². The topological polar surface area (TPSA) is 46.5 Å². The number of rotatable bonds is 4. The smallest absolute Gasteiger partial charge is 0.307 e. The average molecular weight is 212 g/mol. The summed E-state index contributed by atoms with van der Waals surface area (Å²) < 4.78 is 18.2. The third-order valence-corrected chi connectivity index (χ3v) is 2.15. The van der Waals surface area contributed by atoms with Crippen molar-refractivity contribution in [3.05, 3.63) is 29.3 Å². The molecule has 0 amide bonds. The van der Waals surface area contributed by atoms with E-state index in [4.69, 9.17) is 9.84 Å². The van der Waals surface area contributed by atoms with Crippen LogP contribution in [0.2, 0.25) is 0 Å². The maximum atomic E-state index is 13.2. The number of methoxy groups -OCH3 is 1. The number of halogens is 1. The number of carboxylic acids is 1. The molecule has 0 radical (unpaired) electrons. The molecule has 0 aliphatic rings. The molecule has 15 heavy (non-hydrogen) atoms. The quantitative estimate of drug-likeness (QED) is 0.833. The molecule has 4 heteroatoms. The van der Waals surface area contributed by atoms with Crippen LogP contribution in [0.1, 0.15) is 24.2 Å². The molecule has 0 bridgehead atoms. The molecule has 0 spiro atoms. The van der Waals surface area contributed by atoms with Gasteiger partial charge < -0.3 is 9.84 Å². The summed E-state index contributed by atoms with van der Waals surface area (Å²) in [5.41, 5.74) is 0.777. The highest BCUT2D eigenvalue weighted by atomic mass is 19.1. The first kappa shape index (κ1) is 11.5. The predicted octanol–water partition coefficient (Wildman–Crippen LogP) is 2.35. The van der Waals surface area contributed by atoms with Crippen molar-refractivity contribution in [1.29, 1.82) is 0 Å². The van der Waals surface area contributed by atoms with E-state index in [2.05, 4.69) is 0 Å². The van der Waals surface area contributed by atoms with Gasteiger partial charge in [0.25, 0.3) is 0 Å². The molecular formula is C11H13FO3. The molecule has 0 saturated heterocycles. The zero-order chi connectivity index (χ0) is 11.4. The Labute approximate surface area is 87.5 Å². The second kappa shape index (κ2) is 4.77. The molecule has 1 aromatic rings. The Kier molecular flexibility index (Phi) is 3.66. The lowest BCUT2D eigenvalue weighted by molar-refractivity contribution is -0.136. The second-order valence-electron chi connectivity index (χ2n) is 3.21. The fourth-order valence-electron chi connectivity index (χ4n) is 1.49. The Bertz CT molecular complexity index is 361. The monoisotopic (exact) mass is 212 g/mol. The third kappa shape index (κ3) is 2.68. The Balaban J connectivity index is 3.20. The van der Waals surface area contributed by atoms with Crippen LogP contribution in [0.4, 0.5) is 4.39 Å². The molecule has 1 unspecified atom stereocenters. The van der Waals surface area contributed by atoms with Crippen LogP contribution in [0.5, 0.6) is 5.75 Å². The summed E-state index contributed by atoms with van der Waals surface area (Å²) in [4.78, 5) is 10.6. The standard InChI is InChI=1S/C11H13FO3/c1-7(12)8-4-3-5-10(15-2)9(8)6-11(13)14/h3-5,7H,6H2,1-2H3,(H,13,14). The number of hydrogen-bond donors (Lipinski definition) is 1. The minimum atomic E-state index is -1.20. The van der Waals surface area contributed by atoms with Gasteiger partial charge >= 0.3 is 5.97 Å². The first-order chi connectivity index (χ1) is 7.06. The summed E-state index contributed by atoms with van der Waals surface area (Å²) in [6.45, 7) is 1.38. The van der Waals surface area contributed by atoms with Crippen molar-refractivity contribution in [3.8, 4) is 5.75 Å². The summed E-state index contributed by atoms with van der Waals surface area (Å²) in [7, 11) is 1.44. The highest BCUT2D eigenvalue weighted by molar-refractivity contribution is 5.72. The van der Waals surface area contributed by atoms with Gasteiger partial charge in [0.15, 0.2) is 0 Å². The molecule has 1 rings (SSSR count). The zero-order valence-corrected chi connectivity index (χ0v) is 8.66. The number of carboxylic acid groups (broad SMARTS) is 1. The van der Waals surface area contributed by atoms with E-state index in [9.17, 15) is 9.18 Å². The van der Waals surface area contributed by atoms with Gasteiger partial charge in [-0.15, -0.1) is 0 Å². The van der Waals surface area contributed by atoms with Crippen molar-refractivity contribution in [1.82, 2.24) is 0 Å². The summed E-state index contributed by atoms with van der Waals surface area (Å²) in [6.07, 6.45) is -1.43. The lowest BCUT2D eigenvalue weighted by Crippen LogP contribution is -2.06. The van der Waals surface area contributed by atoms with Gasteiger partial charge in [-0.25, -0.2) is 4.39 Å². The summed E-state index contributed by atoms with van der Waals surface area (Å²) >= 11 is 0. The molecule has 0 saturated carbocycles. The minimum Gasteiger partial charge on any atom is -0.496 e. The van der Waals surface area contributed by atoms with E-state index < -0.39 is 12.1 Å². The molecule has 1 atom stereocenters. The molecule has 0 heterocycles. The fraction of sp³-hybridized carbons (Fsp3) is 0.364. The largest absolute Gasteiger partial charge is 0.496 e. The van der Waals surface area contributed by atoms with E-state index in [1.165, 1.54) is 14.0 Å². The van der Waals surface area contributed by atoms with Crippen molar-refractivity contribution < 1.29 is 19.0 Å². The van der Waals surface area contributed by atoms with E-state index in [1.54, 1.807) is 18.2 Å². The maximum absolute atomic E-state index is 13.2. The summed E-state index contributed by atoms with van der Waals surface area (Å²) in [5, 5.41) is 8.72. The Hall–Kier alpha value is -1.58. The number of hydrogen-bond acceptors (Lipinski definition) is 2. The van der Waals surface area contributed by atoms with Gasteiger partial charge in [0.1, 0.15) is 11.9 Å². The van der Waals surface area contributed by atoms with E-state index in [0.717, 1.165) is 0 Å².